The fourth-order valence-electron chi connectivity index (χ4n) is 3.07. The van der Waals surface area contributed by atoms with Gasteiger partial charge in [-0.1, -0.05) is 48.5 Å². The van der Waals surface area contributed by atoms with Crippen LogP contribution in [0.2, 0.25) is 0 Å². The van der Waals surface area contributed by atoms with E-state index in [9.17, 15) is 9.59 Å². The van der Waals surface area contributed by atoms with Crippen molar-refractivity contribution < 1.29 is 9.59 Å². The van der Waals surface area contributed by atoms with Gasteiger partial charge in [0, 0.05) is 6.54 Å². The molecule has 5 nitrogen and oxygen atoms in total. The third-order valence-corrected chi connectivity index (χ3v) is 4.20. The zero-order valence-electron chi connectivity index (χ0n) is 12.8. The Labute approximate surface area is 138 Å². The number of rotatable bonds is 3. The predicted octanol–water partition coefficient (Wildman–Crippen LogP) is 1.53. The Morgan fingerprint density at radius 2 is 1.33 bits per heavy atom. The lowest BCUT2D eigenvalue weighted by atomic mass is 10.0. The minimum Gasteiger partial charge on any atom is -0.326 e. The lowest BCUT2D eigenvalue weighted by Crippen LogP contribution is -2.21. The summed E-state index contributed by atoms with van der Waals surface area (Å²) in [6.45, 7) is 0.397. The molecule has 0 bridgehead atoms. The van der Waals surface area contributed by atoms with E-state index >= 15 is 0 Å². The molecule has 0 radical (unpaired) electrons. The maximum Gasteiger partial charge on any atom is 0.258 e. The third-order valence-electron chi connectivity index (χ3n) is 4.20. The molecule has 0 fully saturated rings. The number of hydrogen-bond donors (Lipinski definition) is 3. The third kappa shape index (κ3) is 2.14. The number of amides is 2. The number of carbonyl (C=O) groups is 2. The van der Waals surface area contributed by atoms with Crippen molar-refractivity contribution in [3.8, 4) is 0 Å². The van der Waals surface area contributed by atoms with Gasteiger partial charge in [0.05, 0.1) is 22.5 Å². The summed E-state index contributed by atoms with van der Waals surface area (Å²) in [6.07, 6.45) is 0. The molecule has 0 aliphatic carbocycles. The summed E-state index contributed by atoms with van der Waals surface area (Å²) >= 11 is 0. The van der Waals surface area contributed by atoms with Gasteiger partial charge in [-0.05, 0) is 22.8 Å². The van der Waals surface area contributed by atoms with Crippen LogP contribution in [0.4, 0.5) is 0 Å². The van der Waals surface area contributed by atoms with Gasteiger partial charge in [0.1, 0.15) is 0 Å². The van der Waals surface area contributed by atoms with Gasteiger partial charge in [-0.15, -0.1) is 0 Å². The van der Waals surface area contributed by atoms with Crippen molar-refractivity contribution in [2.24, 2.45) is 5.73 Å². The van der Waals surface area contributed by atoms with Crippen LogP contribution in [-0.2, 0) is 16.1 Å². The zero-order chi connectivity index (χ0) is 16.7. The maximum absolute atomic E-state index is 12.5. The summed E-state index contributed by atoms with van der Waals surface area (Å²) in [6, 6.07) is 16.9. The molecular weight excluding hydrogens is 302 g/mol. The average Bonchev–Trinajstić information content (AvgIpc) is 3.15. The molecule has 0 aromatic heterocycles. The van der Waals surface area contributed by atoms with E-state index in [-0.39, 0.29) is 11.8 Å². The predicted molar refractivity (Wildman–Crippen MR) is 90.9 cm³/mol. The van der Waals surface area contributed by atoms with E-state index in [0.717, 1.165) is 16.7 Å². The average molecular weight is 317 g/mol. The van der Waals surface area contributed by atoms with E-state index in [1.165, 1.54) is 0 Å². The Balaban J connectivity index is 1.90. The lowest BCUT2D eigenvalue weighted by molar-refractivity contribution is -0.117. The minimum atomic E-state index is -0.268. The van der Waals surface area contributed by atoms with Gasteiger partial charge in [-0.25, -0.2) is 0 Å². The van der Waals surface area contributed by atoms with Crippen molar-refractivity contribution in [3.63, 3.8) is 0 Å². The SMILES string of the molecule is NCc1cccc(C2=C3C(=O)NC(c4ccccc4)=C3C(=O)N2)c1. The van der Waals surface area contributed by atoms with Crippen LogP contribution in [0.25, 0.3) is 11.4 Å². The molecule has 5 heteroatoms. The van der Waals surface area contributed by atoms with Crippen molar-refractivity contribution in [2.75, 3.05) is 0 Å². The molecule has 0 spiro atoms. The first kappa shape index (κ1) is 14.4. The van der Waals surface area contributed by atoms with Gasteiger partial charge in [0.15, 0.2) is 0 Å². The van der Waals surface area contributed by atoms with Crippen LogP contribution >= 0.6 is 0 Å². The van der Waals surface area contributed by atoms with Crippen LogP contribution in [0.5, 0.6) is 0 Å². The molecule has 2 aliphatic heterocycles. The Kier molecular flexibility index (Phi) is 3.29. The fraction of sp³-hybridized carbons (Fsp3) is 0.0526. The molecule has 2 amide bonds. The van der Waals surface area contributed by atoms with Crippen molar-refractivity contribution in [1.82, 2.24) is 10.6 Å². The largest absolute Gasteiger partial charge is 0.326 e. The second-order valence-electron chi connectivity index (χ2n) is 5.68. The first-order valence-electron chi connectivity index (χ1n) is 7.65. The van der Waals surface area contributed by atoms with Crippen LogP contribution < -0.4 is 16.4 Å². The molecule has 0 atom stereocenters. The Morgan fingerprint density at radius 3 is 1.96 bits per heavy atom. The van der Waals surface area contributed by atoms with Crippen LogP contribution in [0, 0.1) is 0 Å². The van der Waals surface area contributed by atoms with Gasteiger partial charge < -0.3 is 16.4 Å². The number of fused-ring (bicyclic) bond motifs is 1. The van der Waals surface area contributed by atoms with Crippen LogP contribution in [0.15, 0.2) is 65.7 Å². The van der Waals surface area contributed by atoms with E-state index in [2.05, 4.69) is 10.6 Å². The Bertz CT molecular complexity index is 927. The van der Waals surface area contributed by atoms with Crippen molar-refractivity contribution in [2.45, 2.75) is 6.54 Å². The number of nitrogens with one attached hydrogen (secondary N) is 2. The van der Waals surface area contributed by atoms with Crippen molar-refractivity contribution in [3.05, 3.63) is 82.4 Å². The molecule has 4 N–H and O–H groups in total. The fourth-order valence-corrected chi connectivity index (χ4v) is 3.07. The molecule has 2 aliphatic rings. The first-order valence-corrected chi connectivity index (χ1v) is 7.65. The van der Waals surface area contributed by atoms with Crippen LogP contribution in [0.1, 0.15) is 16.7 Å². The summed E-state index contributed by atoms with van der Waals surface area (Å²) < 4.78 is 0. The highest BCUT2D eigenvalue weighted by Gasteiger charge is 2.40. The lowest BCUT2D eigenvalue weighted by Gasteiger charge is -2.08. The first-order chi connectivity index (χ1) is 11.7. The van der Waals surface area contributed by atoms with E-state index in [1.807, 2.05) is 54.6 Å². The Morgan fingerprint density at radius 1 is 0.750 bits per heavy atom. The van der Waals surface area contributed by atoms with Gasteiger partial charge in [-0.2, -0.15) is 0 Å². The van der Waals surface area contributed by atoms with E-state index < -0.39 is 0 Å². The molecule has 2 aromatic rings. The highest BCUT2D eigenvalue weighted by atomic mass is 16.2. The molecular formula is C19H15N3O2. The summed E-state index contributed by atoms with van der Waals surface area (Å²) in [4.78, 5) is 25.0. The summed E-state index contributed by atoms with van der Waals surface area (Å²) in [5.41, 5.74) is 10.1. The molecule has 2 aromatic carbocycles. The zero-order valence-corrected chi connectivity index (χ0v) is 12.8. The molecule has 0 saturated carbocycles. The van der Waals surface area contributed by atoms with Gasteiger partial charge >= 0.3 is 0 Å². The van der Waals surface area contributed by atoms with Crippen molar-refractivity contribution >= 4 is 23.2 Å². The van der Waals surface area contributed by atoms with Gasteiger partial charge in [0.2, 0.25) is 0 Å². The maximum atomic E-state index is 12.5. The highest BCUT2D eigenvalue weighted by Crippen LogP contribution is 2.37. The number of hydrogen-bond acceptors (Lipinski definition) is 3. The monoisotopic (exact) mass is 317 g/mol. The normalized spacial score (nSPS) is 16.4. The highest BCUT2D eigenvalue weighted by molar-refractivity contribution is 6.30. The molecule has 4 rings (SSSR count). The second kappa shape index (κ2) is 5.47. The summed E-state index contributed by atoms with van der Waals surface area (Å²) in [5.74, 6) is -0.536. The Hall–Kier alpha value is -3.18. The van der Waals surface area contributed by atoms with Gasteiger partial charge in [0.25, 0.3) is 11.8 Å². The molecule has 0 saturated heterocycles. The number of benzene rings is 2. The topological polar surface area (TPSA) is 84.2 Å². The van der Waals surface area contributed by atoms with E-state index in [0.29, 0.717) is 29.1 Å². The minimum absolute atomic E-state index is 0.268. The van der Waals surface area contributed by atoms with Crippen molar-refractivity contribution in [1.29, 1.82) is 0 Å². The van der Waals surface area contributed by atoms with Crippen LogP contribution in [-0.4, -0.2) is 11.8 Å². The quantitative estimate of drug-likeness (QED) is 0.802. The molecule has 118 valence electrons. The smallest absolute Gasteiger partial charge is 0.258 e. The van der Waals surface area contributed by atoms with E-state index in [1.54, 1.807) is 0 Å². The van der Waals surface area contributed by atoms with E-state index in [4.69, 9.17) is 5.73 Å². The number of nitrogens with two attached hydrogens (primary N) is 1. The van der Waals surface area contributed by atoms with Crippen LogP contribution in [0.3, 0.4) is 0 Å². The second-order valence-corrected chi connectivity index (χ2v) is 5.68. The summed E-state index contributed by atoms with van der Waals surface area (Å²) in [7, 11) is 0. The molecule has 2 heterocycles. The number of carbonyl (C=O) groups excluding carboxylic acids is 2. The molecule has 0 unspecified atom stereocenters. The summed E-state index contributed by atoms with van der Waals surface area (Å²) in [5, 5.41) is 5.66. The van der Waals surface area contributed by atoms with Gasteiger partial charge in [-0.3, -0.25) is 9.59 Å². The molecule has 24 heavy (non-hydrogen) atoms. The standard InChI is InChI=1S/C19H15N3O2/c20-10-11-5-4-8-13(9-11)17-15-14(18(23)22-17)16(21-19(15)24)12-6-2-1-3-7-12/h1-9H,10,20H2,(H,21,24)(H,22,23).